The molecular formula is C15H26N2O2S. The Morgan fingerprint density at radius 3 is 2.20 bits per heavy atom. The van der Waals surface area contributed by atoms with Gasteiger partial charge in [0.25, 0.3) is 0 Å². The Labute approximate surface area is 127 Å². The Morgan fingerprint density at radius 2 is 1.75 bits per heavy atom. The van der Waals surface area contributed by atoms with Gasteiger partial charge in [0.1, 0.15) is 0 Å². The van der Waals surface area contributed by atoms with Crippen molar-refractivity contribution in [3.63, 3.8) is 0 Å². The van der Waals surface area contributed by atoms with E-state index in [0.717, 1.165) is 31.5 Å². The lowest BCUT2D eigenvalue weighted by Crippen LogP contribution is -2.33. The van der Waals surface area contributed by atoms with E-state index in [4.69, 9.17) is 10.2 Å². The molecule has 1 aromatic heterocycles. The average molecular weight is 298 g/mol. The number of nitrogens with zero attached hydrogens (tertiary/aromatic N) is 2. The van der Waals surface area contributed by atoms with Crippen LogP contribution in [0.3, 0.4) is 0 Å². The Hall–Kier alpha value is -0.620. The van der Waals surface area contributed by atoms with Gasteiger partial charge in [-0.05, 0) is 58.0 Å². The van der Waals surface area contributed by atoms with E-state index in [1.807, 2.05) is 12.1 Å². The van der Waals surface area contributed by atoms with Crippen LogP contribution in [0.2, 0.25) is 0 Å². The van der Waals surface area contributed by atoms with Crippen LogP contribution in [-0.2, 0) is 19.6 Å². The van der Waals surface area contributed by atoms with Crippen LogP contribution < -0.4 is 0 Å². The summed E-state index contributed by atoms with van der Waals surface area (Å²) in [6.45, 7) is 5.97. The molecule has 1 rings (SSSR count). The molecule has 0 radical (unpaired) electrons. The smallest absolute Gasteiger partial charge is 0.0853 e. The summed E-state index contributed by atoms with van der Waals surface area (Å²) in [7, 11) is 2.10. The minimum Gasteiger partial charge on any atom is -0.390 e. The Morgan fingerprint density at radius 1 is 1.20 bits per heavy atom. The molecule has 114 valence electrons. The minimum absolute atomic E-state index is 0.0134. The number of aliphatic hydroxyl groups excluding tert-OH is 2. The summed E-state index contributed by atoms with van der Waals surface area (Å²) in [4.78, 5) is 6.41. The minimum atomic E-state index is -0.0887. The molecule has 0 fully saturated rings. The molecule has 0 amide bonds. The fourth-order valence-electron chi connectivity index (χ4n) is 2.32. The Balaban J connectivity index is 2.49. The molecular weight excluding hydrogens is 272 g/mol. The summed E-state index contributed by atoms with van der Waals surface area (Å²) in [6, 6.07) is 3.81. The van der Waals surface area contributed by atoms with Crippen LogP contribution in [0.5, 0.6) is 0 Å². The maximum Gasteiger partial charge on any atom is 0.0853 e. The van der Waals surface area contributed by atoms with Crippen LogP contribution in [0, 0.1) is 0 Å². The second-order valence-corrected chi connectivity index (χ2v) is 7.14. The third-order valence-electron chi connectivity index (χ3n) is 2.98. The zero-order valence-electron chi connectivity index (χ0n) is 12.6. The van der Waals surface area contributed by atoms with Crippen LogP contribution in [0.25, 0.3) is 0 Å². The van der Waals surface area contributed by atoms with Gasteiger partial charge >= 0.3 is 0 Å². The SMILES string of the molecule is CN(CCCc1cc(CO)nc(CO)c1)CC(C)(C)S. The molecule has 0 saturated carbocycles. The molecule has 0 aliphatic rings. The second-order valence-electron chi connectivity index (χ2n) is 5.93. The van der Waals surface area contributed by atoms with Gasteiger partial charge in [-0.3, -0.25) is 4.98 Å². The van der Waals surface area contributed by atoms with Gasteiger partial charge in [0.15, 0.2) is 0 Å². The molecule has 5 heteroatoms. The van der Waals surface area contributed by atoms with Crippen molar-refractivity contribution in [3.05, 3.63) is 29.1 Å². The van der Waals surface area contributed by atoms with Gasteiger partial charge in [-0.25, -0.2) is 0 Å². The molecule has 0 aliphatic carbocycles. The lowest BCUT2D eigenvalue weighted by Gasteiger charge is -2.25. The van der Waals surface area contributed by atoms with Gasteiger partial charge in [-0.2, -0.15) is 12.6 Å². The number of hydrogen-bond acceptors (Lipinski definition) is 5. The zero-order chi connectivity index (χ0) is 15.2. The first kappa shape index (κ1) is 17.4. The Bertz CT molecular complexity index is 397. The highest BCUT2D eigenvalue weighted by atomic mass is 32.1. The third kappa shape index (κ3) is 6.70. The zero-order valence-corrected chi connectivity index (χ0v) is 13.5. The van der Waals surface area contributed by atoms with Crippen molar-refractivity contribution < 1.29 is 10.2 Å². The van der Waals surface area contributed by atoms with Gasteiger partial charge < -0.3 is 15.1 Å². The summed E-state index contributed by atoms with van der Waals surface area (Å²) in [6.07, 6.45) is 1.94. The molecule has 0 spiro atoms. The molecule has 0 atom stereocenters. The molecule has 1 aromatic rings. The van der Waals surface area contributed by atoms with Crippen LogP contribution in [0.15, 0.2) is 12.1 Å². The summed E-state index contributed by atoms with van der Waals surface area (Å²) in [5, 5.41) is 18.3. The molecule has 4 nitrogen and oxygen atoms in total. The van der Waals surface area contributed by atoms with Crippen LogP contribution in [-0.4, -0.2) is 45.0 Å². The van der Waals surface area contributed by atoms with Crippen molar-refractivity contribution in [2.45, 2.75) is 44.6 Å². The Kier molecular flexibility index (Phi) is 6.95. The third-order valence-corrected chi connectivity index (χ3v) is 3.12. The second kappa shape index (κ2) is 7.98. The van der Waals surface area contributed by atoms with Crippen molar-refractivity contribution in [1.29, 1.82) is 0 Å². The summed E-state index contributed by atoms with van der Waals surface area (Å²) in [5.41, 5.74) is 2.36. The van der Waals surface area contributed by atoms with Crippen molar-refractivity contribution in [2.24, 2.45) is 0 Å². The lowest BCUT2D eigenvalue weighted by atomic mass is 10.1. The number of aliphatic hydroxyl groups is 2. The quantitative estimate of drug-likeness (QED) is 0.639. The van der Waals surface area contributed by atoms with E-state index in [2.05, 4.69) is 43.4 Å². The number of aromatic nitrogens is 1. The summed E-state index contributed by atoms with van der Waals surface area (Å²) < 4.78 is 0.0134. The molecule has 20 heavy (non-hydrogen) atoms. The van der Waals surface area contributed by atoms with E-state index in [0.29, 0.717) is 11.4 Å². The van der Waals surface area contributed by atoms with Crippen molar-refractivity contribution in [3.8, 4) is 0 Å². The maximum absolute atomic E-state index is 9.16. The molecule has 0 aromatic carbocycles. The highest BCUT2D eigenvalue weighted by Crippen LogP contribution is 2.14. The van der Waals surface area contributed by atoms with Crippen molar-refractivity contribution >= 4 is 12.6 Å². The van der Waals surface area contributed by atoms with E-state index in [1.54, 1.807) is 0 Å². The first-order chi connectivity index (χ1) is 9.34. The monoisotopic (exact) mass is 298 g/mol. The van der Waals surface area contributed by atoms with Crippen LogP contribution in [0.4, 0.5) is 0 Å². The normalized spacial score (nSPS) is 12.2. The molecule has 0 aliphatic heterocycles. The summed E-state index contributed by atoms with van der Waals surface area (Å²) >= 11 is 4.53. The standard InChI is InChI=1S/C15H26N2O2S/c1-15(2,20)11-17(3)6-4-5-12-7-13(9-18)16-14(8-12)10-19/h7-8,18-20H,4-6,9-11H2,1-3H3. The predicted molar refractivity (Wildman–Crippen MR) is 85.0 cm³/mol. The molecule has 1 heterocycles. The maximum atomic E-state index is 9.16. The number of pyridine rings is 1. The molecule has 0 unspecified atom stereocenters. The van der Waals surface area contributed by atoms with E-state index in [9.17, 15) is 0 Å². The van der Waals surface area contributed by atoms with Crippen LogP contribution in [0.1, 0.15) is 37.2 Å². The molecule has 0 bridgehead atoms. The van der Waals surface area contributed by atoms with Gasteiger partial charge in [-0.15, -0.1) is 0 Å². The van der Waals surface area contributed by atoms with E-state index in [-0.39, 0.29) is 18.0 Å². The highest BCUT2D eigenvalue weighted by Gasteiger charge is 2.14. The first-order valence-electron chi connectivity index (χ1n) is 6.95. The van der Waals surface area contributed by atoms with Gasteiger partial charge in [0.2, 0.25) is 0 Å². The number of hydrogen-bond donors (Lipinski definition) is 3. The largest absolute Gasteiger partial charge is 0.390 e. The number of aryl methyl sites for hydroxylation is 1. The molecule has 2 N–H and O–H groups in total. The fraction of sp³-hybridized carbons (Fsp3) is 0.667. The fourth-order valence-corrected chi connectivity index (χ4v) is 2.56. The first-order valence-corrected chi connectivity index (χ1v) is 7.40. The van der Waals surface area contributed by atoms with Gasteiger partial charge in [-0.1, -0.05) is 0 Å². The number of thiol groups is 1. The van der Waals surface area contributed by atoms with E-state index < -0.39 is 0 Å². The van der Waals surface area contributed by atoms with E-state index >= 15 is 0 Å². The summed E-state index contributed by atoms with van der Waals surface area (Å²) in [5.74, 6) is 0. The predicted octanol–water partition coefficient (Wildman–Crippen LogP) is 1.64. The van der Waals surface area contributed by atoms with Crippen molar-refractivity contribution in [1.82, 2.24) is 9.88 Å². The molecule has 0 saturated heterocycles. The highest BCUT2D eigenvalue weighted by molar-refractivity contribution is 7.81. The van der Waals surface area contributed by atoms with Crippen LogP contribution >= 0.6 is 12.6 Å². The van der Waals surface area contributed by atoms with Gasteiger partial charge in [0.05, 0.1) is 24.6 Å². The average Bonchev–Trinajstić information content (AvgIpc) is 2.36. The lowest BCUT2D eigenvalue weighted by molar-refractivity contribution is 0.265. The topological polar surface area (TPSA) is 56.6 Å². The number of rotatable bonds is 8. The van der Waals surface area contributed by atoms with E-state index in [1.165, 1.54) is 0 Å². The van der Waals surface area contributed by atoms with Gasteiger partial charge in [0, 0.05) is 11.3 Å². The van der Waals surface area contributed by atoms with Crippen molar-refractivity contribution in [2.75, 3.05) is 20.1 Å².